The van der Waals surface area contributed by atoms with Crippen molar-refractivity contribution in [2.45, 2.75) is 30.4 Å². The van der Waals surface area contributed by atoms with E-state index < -0.39 is 34.4 Å². The summed E-state index contributed by atoms with van der Waals surface area (Å²) < 4.78 is 58.1. The average molecular weight is 696 g/mol. The first-order valence-corrected chi connectivity index (χ1v) is 17.3. The lowest BCUT2D eigenvalue weighted by molar-refractivity contribution is -0.142. The lowest BCUT2D eigenvalue weighted by Crippen LogP contribution is -2.51. The van der Waals surface area contributed by atoms with Gasteiger partial charge >= 0.3 is 0 Å². The number of anilines is 1. The maximum Gasteiger partial charge on any atom is 0.261 e. The van der Waals surface area contributed by atoms with Crippen LogP contribution in [0.15, 0.2) is 132 Å². The number of nitrogens with one attached hydrogen (secondary N) is 2. The summed E-state index contributed by atoms with van der Waals surface area (Å²) >= 11 is 0. The van der Waals surface area contributed by atoms with Gasteiger partial charge in [-0.25, -0.2) is 12.8 Å². The van der Waals surface area contributed by atoms with Gasteiger partial charge in [-0.05, 0) is 77.4 Å². The summed E-state index contributed by atoms with van der Waals surface area (Å²) in [5, 5.41) is 2.99. The molecular formula is C38H34FN3O7S. The summed E-state index contributed by atoms with van der Waals surface area (Å²) in [6.45, 7) is 0.0779. The molecule has 2 amide bonds. The zero-order valence-electron chi connectivity index (χ0n) is 26.8. The fraction of sp³-hybridized carbons (Fsp3) is 0.158. The number of carbonyl (C=O) groups excluding carboxylic acids is 2. The van der Waals surface area contributed by atoms with Gasteiger partial charge in [0.2, 0.25) is 12.7 Å². The Morgan fingerprint density at radius 2 is 1.44 bits per heavy atom. The summed E-state index contributed by atoms with van der Waals surface area (Å²) in [4.78, 5) is 29.4. The van der Waals surface area contributed by atoms with E-state index in [1.54, 1.807) is 6.07 Å². The van der Waals surface area contributed by atoms with Gasteiger partial charge in [0.15, 0.2) is 18.1 Å². The molecule has 0 aromatic heterocycles. The Balaban J connectivity index is 1.19. The first kappa shape index (κ1) is 34.0. The monoisotopic (exact) mass is 695 g/mol. The highest BCUT2D eigenvalue weighted by atomic mass is 32.2. The van der Waals surface area contributed by atoms with Crippen molar-refractivity contribution in [3.8, 4) is 17.2 Å². The molecule has 0 saturated heterocycles. The maximum absolute atomic E-state index is 14.0. The molecule has 1 heterocycles. The van der Waals surface area contributed by atoms with Crippen LogP contribution in [0, 0.1) is 5.82 Å². The van der Waals surface area contributed by atoms with Crippen molar-refractivity contribution in [1.82, 2.24) is 10.2 Å². The van der Waals surface area contributed by atoms with Gasteiger partial charge < -0.3 is 24.4 Å². The average Bonchev–Trinajstić information content (AvgIpc) is 3.61. The molecular weight excluding hydrogens is 661 g/mol. The van der Waals surface area contributed by atoms with Crippen LogP contribution in [0.3, 0.4) is 0 Å². The van der Waals surface area contributed by atoms with Crippen LogP contribution in [0.25, 0.3) is 0 Å². The number of amides is 2. The van der Waals surface area contributed by atoms with Crippen LogP contribution in [0.4, 0.5) is 10.1 Å². The third-order valence-electron chi connectivity index (χ3n) is 7.96. The third kappa shape index (κ3) is 8.77. The molecule has 2 N–H and O–H groups in total. The Kier molecular flexibility index (Phi) is 10.6. The van der Waals surface area contributed by atoms with Crippen molar-refractivity contribution in [3.63, 3.8) is 0 Å². The third-order valence-corrected chi connectivity index (χ3v) is 9.36. The largest absolute Gasteiger partial charge is 0.484 e. The van der Waals surface area contributed by atoms with Crippen LogP contribution in [0.5, 0.6) is 17.2 Å². The summed E-state index contributed by atoms with van der Waals surface area (Å²) in [6.07, 6.45) is 0.250. The number of halogens is 1. The number of hydrogen-bond acceptors (Lipinski definition) is 7. The molecule has 10 nitrogen and oxygen atoms in total. The molecule has 6 rings (SSSR count). The molecule has 0 spiro atoms. The Morgan fingerprint density at radius 3 is 2.14 bits per heavy atom. The van der Waals surface area contributed by atoms with E-state index in [0.717, 1.165) is 28.8 Å². The standard InChI is InChI=1S/C38H34FN3O7S/c39-30-12-14-31(15-13-30)41-50(45,46)33-18-16-32(17-19-33)47-25-37(43)42(24-28-9-5-2-6-10-28)34(21-27-7-3-1-4-8-27)38(44)40-23-29-11-20-35-36(22-29)49-26-48-35/h1-20,22,34,41H,21,23-26H2,(H,40,44). The van der Waals surface area contributed by atoms with Crippen molar-refractivity contribution >= 4 is 27.5 Å². The van der Waals surface area contributed by atoms with Gasteiger partial charge in [0, 0.05) is 25.2 Å². The summed E-state index contributed by atoms with van der Waals surface area (Å²) in [6, 6.07) is 33.9. The fourth-order valence-electron chi connectivity index (χ4n) is 5.37. The van der Waals surface area contributed by atoms with Crippen molar-refractivity contribution in [2.75, 3.05) is 18.1 Å². The van der Waals surface area contributed by atoms with E-state index in [-0.39, 0.29) is 48.5 Å². The van der Waals surface area contributed by atoms with Gasteiger partial charge in [0.05, 0.1) is 4.90 Å². The highest BCUT2D eigenvalue weighted by Gasteiger charge is 2.31. The van der Waals surface area contributed by atoms with E-state index in [2.05, 4.69) is 10.0 Å². The number of hydrogen-bond donors (Lipinski definition) is 2. The van der Waals surface area contributed by atoms with Crippen LogP contribution in [0.1, 0.15) is 16.7 Å². The predicted molar refractivity (Wildman–Crippen MR) is 184 cm³/mol. The lowest BCUT2D eigenvalue weighted by atomic mass is 10.0. The zero-order valence-corrected chi connectivity index (χ0v) is 27.6. The van der Waals surface area contributed by atoms with Crippen LogP contribution in [-0.2, 0) is 39.1 Å². The molecule has 12 heteroatoms. The molecule has 5 aromatic carbocycles. The lowest BCUT2D eigenvalue weighted by Gasteiger charge is -2.31. The fourth-order valence-corrected chi connectivity index (χ4v) is 6.43. The maximum atomic E-state index is 14.0. The van der Waals surface area contributed by atoms with Crippen LogP contribution >= 0.6 is 0 Å². The minimum atomic E-state index is -3.96. The number of carbonyl (C=O) groups is 2. The second-order valence-corrected chi connectivity index (χ2v) is 13.2. The van der Waals surface area contributed by atoms with Gasteiger partial charge in [-0.2, -0.15) is 0 Å². The first-order valence-electron chi connectivity index (χ1n) is 15.8. The molecule has 1 aliphatic rings. The highest BCUT2D eigenvalue weighted by Crippen LogP contribution is 2.32. The van der Waals surface area contributed by atoms with Crippen LogP contribution in [-0.4, -0.2) is 44.6 Å². The quantitative estimate of drug-likeness (QED) is 0.153. The van der Waals surface area contributed by atoms with E-state index in [1.807, 2.05) is 72.8 Å². The highest BCUT2D eigenvalue weighted by molar-refractivity contribution is 7.92. The molecule has 1 aliphatic heterocycles. The second kappa shape index (κ2) is 15.6. The topological polar surface area (TPSA) is 123 Å². The van der Waals surface area contributed by atoms with Crippen LogP contribution < -0.4 is 24.2 Å². The van der Waals surface area contributed by atoms with E-state index in [1.165, 1.54) is 41.3 Å². The van der Waals surface area contributed by atoms with Crippen LogP contribution in [0.2, 0.25) is 0 Å². The van der Waals surface area contributed by atoms with Crippen molar-refractivity contribution in [2.24, 2.45) is 0 Å². The Morgan fingerprint density at radius 1 is 0.780 bits per heavy atom. The minimum absolute atomic E-state index is 0.0479. The number of sulfonamides is 1. The number of nitrogens with zero attached hydrogens (tertiary/aromatic N) is 1. The Bertz CT molecular complexity index is 2030. The molecule has 0 aliphatic carbocycles. The van der Waals surface area contributed by atoms with E-state index in [9.17, 15) is 22.4 Å². The molecule has 256 valence electrons. The van der Waals surface area contributed by atoms with E-state index in [0.29, 0.717) is 11.5 Å². The van der Waals surface area contributed by atoms with E-state index in [4.69, 9.17) is 14.2 Å². The number of benzene rings is 5. The first-order chi connectivity index (χ1) is 24.2. The zero-order chi connectivity index (χ0) is 34.9. The summed E-state index contributed by atoms with van der Waals surface area (Å²) in [5.74, 6) is 0.219. The van der Waals surface area contributed by atoms with Crippen molar-refractivity contribution < 1.29 is 36.6 Å². The molecule has 1 atom stereocenters. The molecule has 0 radical (unpaired) electrons. The van der Waals surface area contributed by atoms with Gasteiger partial charge in [-0.1, -0.05) is 66.7 Å². The Hall–Kier alpha value is -5.88. The number of rotatable bonds is 14. The minimum Gasteiger partial charge on any atom is -0.484 e. The predicted octanol–water partition coefficient (Wildman–Crippen LogP) is 5.69. The molecule has 0 saturated carbocycles. The van der Waals surface area contributed by atoms with Gasteiger partial charge in [0.25, 0.3) is 15.9 Å². The van der Waals surface area contributed by atoms with Crippen molar-refractivity contribution in [1.29, 1.82) is 0 Å². The van der Waals surface area contributed by atoms with Gasteiger partial charge in [-0.3, -0.25) is 14.3 Å². The summed E-state index contributed by atoms with van der Waals surface area (Å²) in [5.41, 5.74) is 2.71. The molecule has 0 fully saturated rings. The number of fused-ring (bicyclic) bond motifs is 1. The van der Waals surface area contributed by atoms with E-state index >= 15 is 0 Å². The van der Waals surface area contributed by atoms with Gasteiger partial charge in [-0.15, -0.1) is 0 Å². The molecule has 1 unspecified atom stereocenters. The van der Waals surface area contributed by atoms with Crippen molar-refractivity contribution in [3.05, 3.63) is 150 Å². The molecule has 0 bridgehead atoms. The summed E-state index contributed by atoms with van der Waals surface area (Å²) in [7, 11) is -3.96. The SMILES string of the molecule is O=C(NCc1ccc2c(c1)OCO2)C(Cc1ccccc1)N(Cc1ccccc1)C(=O)COc1ccc(S(=O)(=O)Nc2ccc(F)cc2)cc1. The molecule has 5 aromatic rings. The molecule has 50 heavy (non-hydrogen) atoms. The number of ether oxygens (including phenoxy) is 3. The van der Waals surface area contributed by atoms with Gasteiger partial charge in [0.1, 0.15) is 17.6 Å². The normalized spacial score (nSPS) is 12.5. The second-order valence-electron chi connectivity index (χ2n) is 11.5. The Labute approximate surface area is 289 Å². The smallest absolute Gasteiger partial charge is 0.261 e.